The van der Waals surface area contributed by atoms with Crippen molar-refractivity contribution in [2.45, 2.75) is 13.0 Å². The first-order valence-electron chi connectivity index (χ1n) is 11.4. The fourth-order valence-electron chi connectivity index (χ4n) is 4.71. The highest BCUT2D eigenvalue weighted by molar-refractivity contribution is 5.86. The molecule has 1 aliphatic heterocycles. The van der Waals surface area contributed by atoms with Crippen molar-refractivity contribution in [2.24, 2.45) is 0 Å². The summed E-state index contributed by atoms with van der Waals surface area (Å²) in [5.41, 5.74) is 5.07. The van der Waals surface area contributed by atoms with Crippen LogP contribution in [0.5, 0.6) is 0 Å². The molecule has 0 bridgehead atoms. The molecule has 1 fully saturated rings. The number of piperazine rings is 1. The standard InChI is InChI=1S/C29H28N2O/c32-29-16-3-1-2-15-28(29)31-19-17-30(18-20-31)22-26-11-5-4-10-24(26)21-25-13-8-12-23-9-6-7-14-27(23)25/h1-16H,17-22H2. The maximum atomic E-state index is 12.3. The van der Waals surface area contributed by atoms with E-state index in [1.807, 2.05) is 24.3 Å². The van der Waals surface area contributed by atoms with Crippen molar-refractivity contribution in [1.29, 1.82) is 0 Å². The molecule has 0 N–H and O–H groups in total. The molecule has 0 aromatic heterocycles. The van der Waals surface area contributed by atoms with Gasteiger partial charge in [-0.25, -0.2) is 0 Å². The summed E-state index contributed by atoms with van der Waals surface area (Å²) in [4.78, 5) is 17.1. The lowest BCUT2D eigenvalue weighted by atomic mass is 9.95. The molecule has 3 heteroatoms. The molecular formula is C29H28N2O. The van der Waals surface area contributed by atoms with Gasteiger partial charge in [-0.1, -0.05) is 84.9 Å². The van der Waals surface area contributed by atoms with Gasteiger partial charge in [-0.05, 0) is 46.0 Å². The Morgan fingerprint density at radius 1 is 0.594 bits per heavy atom. The van der Waals surface area contributed by atoms with Gasteiger partial charge in [0.05, 0.1) is 5.69 Å². The maximum absolute atomic E-state index is 12.3. The first kappa shape index (κ1) is 20.5. The van der Waals surface area contributed by atoms with Gasteiger partial charge in [-0.3, -0.25) is 9.69 Å². The van der Waals surface area contributed by atoms with Gasteiger partial charge in [0.2, 0.25) is 5.43 Å². The first-order chi connectivity index (χ1) is 15.8. The Labute approximate surface area is 189 Å². The van der Waals surface area contributed by atoms with E-state index in [1.54, 1.807) is 6.07 Å². The Hall–Kier alpha value is -3.43. The van der Waals surface area contributed by atoms with Crippen LogP contribution in [0.1, 0.15) is 16.7 Å². The molecule has 0 atom stereocenters. The number of hydrogen-bond acceptors (Lipinski definition) is 3. The highest BCUT2D eigenvalue weighted by Crippen LogP contribution is 2.24. The monoisotopic (exact) mass is 420 g/mol. The number of fused-ring (bicyclic) bond motifs is 1. The van der Waals surface area contributed by atoms with Crippen LogP contribution >= 0.6 is 0 Å². The predicted octanol–water partition coefficient (Wildman–Crippen LogP) is 5.11. The molecule has 4 aromatic rings. The summed E-state index contributed by atoms with van der Waals surface area (Å²) >= 11 is 0. The summed E-state index contributed by atoms with van der Waals surface area (Å²) in [6.07, 6.45) is 0.942. The van der Waals surface area contributed by atoms with Crippen LogP contribution in [-0.4, -0.2) is 31.1 Å². The second-order valence-electron chi connectivity index (χ2n) is 8.51. The molecule has 0 aliphatic carbocycles. The molecule has 4 aromatic carbocycles. The Balaban J connectivity index is 1.30. The third kappa shape index (κ3) is 4.44. The van der Waals surface area contributed by atoms with E-state index >= 15 is 0 Å². The summed E-state index contributed by atoms with van der Waals surface area (Å²) in [6, 6.07) is 33.3. The van der Waals surface area contributed by atoms with Crippen LogP contribution in [0.2, 0.25) is 0 Å². The zero-order valence-electron chi connectivity index (χ0n) is 18.3. The normalized spacial score (nSPS) is 14.6. The fourth-order valence-corrected chi connectivity index (χ4v) is 4.71. The van der Waals surface area contributed by atoms with Crippen LogP contribution in [0.25, 0.3) is 10.8 Å². The molecule has 1 saturated heterocycles. The molecule has 5 rings (SSSR count). The van der Waals surface area contributed by atoms with Gasteiger partial charge >= 0.3 is 0 Å². The van der Waals surface area contributed by atoms with Gasteiger partial charge < -0.3 is 4.90 Å². The van der Waals surface area contributed by atoms with Crippen LogP contribution in [0.3, 0.4) is 0 Å². The van der Waals surface area contributed by atoms with Gasteiger partial charge in [0.25, 0.3) is 0 Å². The Kier molecular flexibility index (Phi) is 6.00. The summed E-state index contributed by atoms with van der Waals surface area (Å²) in [5, 5.41) is 2.63. The van der Waals surface area contributed by atoms with Gasteiger partial charge in [0.15, 0.2) is 0 Å². The average Bonchev–Trinajstić information content (AvgIpc) is 3.05. The van der Waals surface area contributed by atoms with E-state index in [9.17, 15) is 4.79 Å². The molecule has 0 unspecified atom stereocenters. The molecule has 160 valence electrons. The van der Waals surface area contributed by atoms with Crippen molar-refractivity contribution in [1.82, 2.24) is 4.90 Å². The second kappa shape index (κ2) is 9.37. The first-order valence-corrected chi connectivity index (χ1v) is 11.4. The van der Waals surface area contributed by atoms with E-state index in [0.29, 0.717) is 0 Å². The Morgan fingerprint density at radius 3 is 2.12 bits per heavy atom. The Morgan fingerprint density at radius 2 is 1.25 bits per heavy atom. The largest absolute Gasteiger partial charge is 0.366 e. The van der Waals surface area contributed by atoms with Crippen molar-refractivity contribution in [3.63, 3.8) is 0 Å². The van der Waals surface area contributed by atoms with E-state index in [2.05, 4.69) is 76.5 Å². The minimum Gasteiger partial charge on any atom is -0.366 e. The maximum Gasteiger partial charge on any atom is 0.201 e. The SMILES string of the molecule is O=c1cccccc1N1CCN(Cc2ccccc2Cc2cccc3ccccc23)CC1. The minimum atomic E-state index is 0.101. The van der Waals surface area contributed by atoms with Gasteiger partial charge in [-0.2, -0.15) is 0 Å². The highest BCUT2D eigenvalue weighted by atomic mass is 16.1. The summed E-state index contributed by atoms with van der Waals surface area (Å²) in [6.45, 7) is 4.62. The molecule has 0 radical (unpaired) electrons. The van der Waals surface area contributed by atoms with Crippen molar-refractivity contribution in [3.8, 4) is 0 Å². The molecular weight excluding hydrogens is 392 g/mol. The molecule has 32 heavy (non-hydrogen) atoms. The van der Waals surface area contributed by atoms with Crippen LogP contribution in [0, 0.1) is 0 Å². The topological polar surface area (TPSA) is 23.6 Å². The molecule has 3 nitrogen and oxygen atoms in total. The van der Waals surface area contributed by atoms with Gasteiger partial charge in [-0.15, -0.1) is 0 Å². The van der Waals surface area contributed by atoms with Crippen LogP contribution < -0.4 is 10.3 Å². The molecule has 0 saturated carbocycles. The van der Waals surface area contributed by atoms with E-state index in [0.717, 1.165) is 44.8 Å². The third-order valence-electron chi connectivity index (χ3n) is 6.46. The number of rotatable bonds is 5. The van der Waals surface area contributed by atoms with Crippen LogP contribution in [0.4, 0.5) is 5.69 Å². The molecule has 1 aliphatic rings. The van der Waals surface area contributed by atoms with Crippen molar-refractivity contribution >= 4 is 16.5 Å². The predicted molar refractivity (Wildman–Crippen MR) is 133 cm³/mol. The van der Waals surface area contributed by atoms with Crippen LogP contribution in [-0.2, 0) is 13.0 Å². The number of benzene rings is 3. The quantitative estimate of drug-likeness (QED) is 0.448. The third-order valence-corrected chi connectivity index (χ3v) is 6.46. The smallest absolute Gasteiger partial charge is 0.201 e. The van der Waals surface area contributed by atoms with Gasteiger partial charge in [0.1, 0.15) is 0 Å². The summed E-state index contributed by atoms with van der Waals surface area (Å²) < 4.78 is 0. The number of hydrogen-bond donors (Lipinski definition) is 0. The average molecular weight is 421 g/mol. The van der Waals surface area contributed by atoms with E-state index < -0.39 is 0 Å². The zero-order valence-corrected chi connectivity index (χ0v) is 18.3. The van der Waals surface area contributed by atoms with Crippen molar-refractivity contribution < 1.29 is 0 Å². The lowest BCUT2D eigenvalue weighted by Crippen LogP contribution is -2.47. The lowest BCUT2D eigenvalue weighted by molar-refractivity contribution is 0.249. The highest BCUT2D eigenvalue weighted by Gasteiger charge is 2.19. The van der Waals surface area contributed by atoms with E-state index in [1.165, 1.54) is 27.5 Å². The molecule has 1 heterocycles. The van der Waals surface area contributed by atoms with E-state index in [-0.39, 0.29) is 5.43 Å². The molecule has 0 amide bonds. The van der Waals surface area contributed by atoms with Crippen molar-refractivity contribution in [2.75, 3.05) is 31.1 Å². The Bertz CT molecular complexity index is 1270. The summed E-state index contributed by atoms with van der Waals surface area (Å²) in [7, 11) is 0. The number of anilines is 1. The molecule has 0 spiro atoms. The van der Waals surface area contributed by atoms with E-state index in [4.69, 9.17) is 0 Å². The van der Waals surface area contributed by atoms with Crippen LogP contribution in [0.15, 0.2) is 102 Å². The summed E-state index contributed by atoms with van der Waals surface area (Å²) in [5.74, 6) is 0. The number of nitrogens with zero attached hydrogens (tertiary/aromatic N) is 2. The lowest BCUT2D eigenvalue weighted by Gasteiger charge is -2.35. The van der Waals surface area contributed by atoms with Crippen molar-refractivity contribution in [3.05, 3.63) is 124 Å². The zero-order chi connectivity index (χ0) is 21.8. The fraction of sp³-hybridized carbons (Fsp3) is 0.207. The second-order valence-corrected chi connectivity index (χ2v) is 8.51. The van der Waals surface area contributed by atoms with Gasteiger partial charge in [0, 0.05) is 32.7 Å². The minimum absolute atomic E-state index is 0.101.